The smallest absolute Gasteiger partial charge is 0.417 e. The number of amides is 1. The van der Waals surface area contributed by atoms with Gasteiger partial charge in [-0.3, -0.25) is 4.79 Å². The Kier molecular flexibility index (Phi) is 5.73. The van der Waals surface area contributed by atoms with Gasteiger partial charge in [-0.1, -0.05) is 23.7 Å². The van der Waals surface area contributed by atoms with Crippen molar-refractivity contribution in [3.63, 3.8) is 0 Å². The van der Waals surface area contributed by atoms with E-state index >= 15 is 0 Å². The molecule has 3 rings (SSSR count). The van der Waals surface area contributed by atoms with E-state index < -0.39 is 17.6 Å². The third-order valence-electron chi connectivity index (χ3n) is 4.10. The Morgan fingerprint density at radius 2 is 2.04 bits per heavy atom. The maximum absolute atomic E-state index is 12.6. The molecule has 148 valence electrons. The summed E-state index contributed by atoms with van der Waals surface area (Å²) in [6, 6.07) is 7.96. The van der Waals surface area contributed by atoms with Crippen molar-refractivity contribution in [3.8, 4) is 0 Å². The van der Waals surface area contributed by atoms with Crippen molar-refractivity contribution >= 4 is 29.2 Å². The molecule has 2 heterocycles. The summed E-state index contributed by atoms with van der Waals surface area (Å²) in [4.78, 5) is 19.9. The number of alkyl halides is 3. The zero-order valence-corrected chi connectivity index (χ0v) is 15.2. The number of halogens is 4. The summed E-state index contributed by atoms with van der Waals surface area (Å²) < 4.78 is 43.0. The number of pyridine rings is 1. The van der Waals surface area contributed by atoms with E-state index in [2.05, 4.69) is 15.3 Å². The number of nitrogens with one attached hydrogen (secondary N) is 1. The van der Waals surface area contributed by atoms with Gasteiger partial charge in [-0.05, 0) is 36.6 Å². The van der Waals surface area contributed by atoms with Gasteiger partial charge in [0.2, 0.25) is 0 Å². The molecule has 2 aromatic rings. The highest BCUT2D eigenvalue weighted by Crippen LogP contribution is 2.31. The normalized spacial score (nSPS) is 16.4. The minimum Gasteiger partial charge on any atom is -0.463 e. The van der Waals surface area contributed by atoms with Crippen LogP contribution in [0.4, 0.5) is 18.9 Å². The van der Waals surface area contributed by atoms with Crippen LogP contribution >= 0.6 is 11.6 Å². The van der Waals surface area contributed by atoms with Crippen LogP contribution < -0.4 is 11.1 Å². The minimum atomic E-state index is -4.58. The lowest BCUT2D eigenvalue weighted by Gasteiger charge is -2.10. The lowest BCUT2D eigenvalue weighted by atomic mass is 10.1. The van der Waals surface area contributed by atoms with Crippen LogP contribution in [0.1, 0.15) is 28.0 Å². The number of hydrogen-bond donors (Lipinski definition) is 2. The molecule has 1 unspecified atom stereocenters. The molecule has 0 saturated heterocycles. The number of nitrogens with two attached hydrogens (primary N) is 1. The number of ether oxygens (including phenoxy) is 1. The highest BCUT2D eigenvalue weighted by molar-refractivity contribution is 6.34. The van der Waals surface area contributed by atoms with E-state index in [-0.39, 0.29) is 22.8 Å². The standard InChI is InChI=1S/C18H16ClF3N4O2/c19-14-7-11(18(20,21)22)8-24-15(14)16(27)25-12-4-1-10(2-5-12)3-6-13-9-28-17(23)26-13/h1-2,4-5,7-8,13H,3,6,9H2,(H2,23,26)(H,25,27). The van der Waals surface area contributed by atoms with Crippen molar-refractivity contribution in [1.82, 2.24) is 4.98 Å². The molecule has 0 aliphatic carbocycles. The van der Waals surface area contributed by atoms with Gasteiger partial charge in [0.15, 0.2) is 0 Å². The molecule has 0 spiro atoms. The molecule has 0 radical (unpaired) electrons. The van der Waals surface area contributed by atoms with Crippen LogP contribution in [0.15, 0.2) is 41.5 Å². The molecule has 1 aromatic heterocycles. The van der Waals surface area contributed by atoms with Gasteiger partial charge in [0.05, 0.1) is 16.6 Å². The SMILES string of the molecule is NC1=NC(CCc2ccc(NC(=O)c3ncc(C(F)(F)F)cc3Cl)cc2)CO1. The quantitative estimate of drug-likeness (QED) is 0.784. The number of benzene rings is 1. The molecule has 1 amide bonds. The molecule has 6 nitrogen and oxygen atoms in total. The number of carbonyl (C=O) groups is 1. The Bertz CT molecular complexity index is 901. The Hall–Kier alpha value is -2.81. The van der Waals surface area contributed by atoms with E-state index in [1.54, 1.807) is 12.1 Å². The number of aliphatic imine (C=N–C) groups is 1. The number of aromatic nitrogens is 1. The van der Waals surface area contributed by atoms with Gasteiger partial charge in [-0.15, -0.1) is 0 Å². The maximum atomic E-state index is 12.6. The molecule has 28 heavy (non-hydrogen) atoms. The topological polar surface area (TPSA) is 89.6 Å². The summed E-state index contributed by atoms with van der Waals surface area (Å²) in [6.07, 6.45) is -2.47. The molecule has 1 aliphatic heterocycles. The Balaban J connectivity index is 1.60. The van der Waals surface area contributed by atoms with Crippen LogP contribution in [0.5, 0.6) is 0 Å². The van der Waals surface area contributed by atoms with Gasteiger partial charge in [-0.2, -0.15) is 13.2 Å². The second kappa shape index (κ2) is 8.05. The van der Waals surface area contributed by atoms with Gasteiger partial charge in [0, 0.05) is 11.9 Å². The molecule has 1 aromatic carbocycles. The third-order valence-corrected chi connectivity index (χ3v) is 4.38. The molecule has 0 fully saturated rings. The van der Waals surface area contributed by atoms with Crippen molar-refractivity contribution in [2.45, 2.75) is 25.1 Å². The van der Waals surface area contributed by atoms with Crippen molar-refractivity contribution < 1.29 is 22.7 Å². The van der Waals surface area contributed by atoms with E-state index in [4.69, 9.17) is 22.1 Å². The molecule has 3 N–H and O–H groups in total. The average molecular weight is 413 g/mol. The summed E-state index contributed by atoms with van der Waals surface area (Å²) in [5, 5.41) is 2.19. The van der Waals surface area contributed by atoms with Gasteiger partial charge in [0.25, 0.3) is 11.9 Å². The van der Waals surface area contributed by atoms with Crippen LogP contribution in [0, 0.1) is 0 Å². The largest absolute Gasteiger partial charge is 0.463 e. The first-order chi connectivity index (χ1) is 13.2. The fourth-order valence-corrected chi connectivity index (χ4v) is 2.87. The molecular formula is C18H16ClF3N4O2. The van der Waals surface area contributed by atoms with Gasteiger partial charge in [-0.25, -0.2) is 9.98 Å². The molecular weight excluding hydrogens is 397 g/mol. The lowest BCUT2D eigenvalue weighted by molar-refractivity contribution is -0.137. The van der Waals surface area contributed by atoms with Crippen molar-refractivity contribution in [2.75, 3.05) is 11.9 Å². The van der Waals surface area contributed by atoms with Crippen LogP contribution in [-0.2, 0) is 17.3 Å². The summed E-state index contributed by atoms with van der Waals surface area (Å²) in [5.41, 5.74) is 5.67. The maximum Gasteiger partial charge on any atom is 0.417 e. The lowest BCUT2D eigenvalue weighted by Crippen LogP contribution is -2.16. The van der Waals surface area contributed by atoms with Gasteiger partial charge < -0.3 is 15.8 Å². The second-order valence-corrected chi connectivity index (χ2v) is 6.58. The van der Waals surface area contributed by atoms with E-state index in [0.29, 0.717) is 24.6 Å². The Labute approximate surface area is 163 Å². The monoisotopic (exact) mass is 412 g/mol. The summed E-state index contributed by atoms with van der Waals surface area (Å²) in [5.74, 6) is -0.695. The zero-order valence-electron chi connectivity index (χ0n) is 14.5. The number of rotatable bonds is 5. The molecule has 1 aliphatic rings. The fraction of sp³-hybridized carbons (Fsp3) is 0.278. The van der Waals surface area contributed by atoms with E-state index in [1.165, 1.54) is 0 Å². The number of amidine groups is 1. The number of carbonyl (C=O) groups excluding carboxylic acids is 1. The fourth-order valence-electron chi connectivity index (χ4n) is 2.62. The highest BCUT2D eigenvalue weighted by atomic mass is 35.5. The number of nitrogens with zero attached hydrogens (tertiary/aromatic N) is 2. The molecule has 1 atom stereocenters. The number of aryl methyl sites for hydroxylation is 1. The van der Waals surface area contributed by atoms with Gasteiger partial charge >= 0.3 is 6.18 Å². The predicted molar refractivity (Wildman–Crippen MR) is 98.3 cm³/mol. The number of hydrogen-bond acceptors (Lipinski definition) is 5. The predicted octanol–water partition coefficient (Wildman–Crippen LogP) is 3.65. The summed E-state index contributed by atoms with van der Waals surface area (Å²) in [7, 11) is 0. The van der Waals surface area contributed by atoms with Crippen molar-refractivity contribution in [3.05, 3.63) is 58.4 Å². The Morgan fingerprint density at radius 1 is 1.32 bits per heavy atom. The van der Waals surface area contributed by atoms with Crippen LogP contribution in [0.3, 0.4) is 0 Å². The van der Waals surface area contributed by atoms with Crippen LogP contribution in [0.2, 0.25) is 5.02 Å². The third kappa shape index (κ3) is 4.92. The van der Waals surface area contributed by atoms with E-state index in [0.717, 1.165) is 18.4 Å². The second-order valence-electron chi connectivity index (χ2n) is 6.17. The van der Waals surface area contributed by atoms with Crippen LogP contribution in [0.25, 0.3) is 0 Å². The zero-order chi connectivity index (χ0) is 20.3. The first kappa shape index (κ1) is 19.9. The van der Waals surface area contributed by atoms with Gasteiger partial charge in [0.1, 0.15) is 12.3 Å². The minimum absolute atomic E-state index is 0.0345. The number of anilines is 1. The highest BCUT2D eigenvalue weighted by Gasteiger charge is 2.32. The molecule has 10 heteroatoms. The first-order valence-electron chi connectivity index (χ1n) is 8.31. The van der Waals surface area contributed by atoms with E-state index in [1.807, 2.05) is 12.1 Å². The van der Waals surface area contributed by atoms with Crippen molar-refractivity contribution in [2.24, 2.45) is 10.7 Å². The van der Waals surface area contributed by atoms with Crippen LogP contribution in [-0.4, -0.2) is 29.6 Å². The molecule has 0 bridgehead atoms. The summed E-state index contributed by atoms with van der Waals surface area (Å²) in [6.45, 7) is 0.473. The van der Waals surface area contributed by atoms with Crippen molar-refractivity contribution in [1.29, 1.82) is 0 Å². The average Bonchev–Trinajstić information content (AvgIpc) is 3.05. The molecule has 0 saturated carbocycles. The van der Waals surface area contributed by atoms with E-state index in [9.17, 15) is 18.0 Å². The Morgan fingerprint density at radius 3 is 2.61 bits per heavy atom. The first-order valence-corrected chi connectivity index (χ1v) is 8.69. The summed E-state index contributed by atoms with van der Waals surface area (Å²) >= 11 is 5.78.